The van der Waals surface area contributed by atoms with Crippen molar-refractivity contribution in [3.05, 3.63) is 66.2 Å². The van der Waals surface area contributed by atoms with Crippen molar-refractivity contribution in [3.8, 4) is 28.5 Å². The third-order valence-electron chi connectivity index (χ3n) is 5.76. The maximum atomic E-state index is 13.4. The predicted molar refractivity (Wildman–Crippen MR) is 130 cm³/mol. The first-order chi connectivity index (χ1) is 15.7. The summed E-state index contributed by atoms with van der Waals surface area (Å²) in [4.78, 5) is 11.7. The molecule has 0 spiro atoms. The molecule has 0 N–H and O–H groups in total. The van der Waals surface area contributed by atoms with E-state index in [1.165, 1.54) is 63.0 Å². The monoisotopic (exact) mass is 473 g/mol. The van der Waals surface area contributed by atoms with E-state index in [0.29, 0.717) is 29.6 Å². The Hall–Kier alpha value is -2.57. The molecule has 4 nitrogen and oxygen atoms in total. The molecule has 0 atom stereocenters. The molecule has 1 aromatic heterocycles. The molecule has 0 amide bonds. The van der Waals surface area contributed by atoms with Crippen LogP contribution < -0.4 is 4.74 Å². The van der Waals surface area contributed by atoms with Crippen LogP contribution >= 0.6 is 12.4 Å². The maximum Gasteiger partial charge on any atom is 0.217 e. The van der Waals surface area contributed by atoms with E-state index in [2.05, 4.69) is 14.9 Å². The van der Waals surface area contributed by atoms with Gasteiger partial charge in [0.05, 0.1) is 12.3 Å². The molecule has 1 saturated heterocycles. The van der Waals surface area contributed by atoms with E-state index in [-0.39, 0.29) is 24.0 Å². The molecule has 33 heavy (non-hydrogen) atoms. The van der Waals surface area contributed by atoms with Gasteiger partial charge in [-0.1, -0.05) is 6.42 Å². The summed E-state index contributed by atoms with van der Waals surface area (Å²) in [6.07, 6.45) is 7.25. The van der Waals surface area contributed by atoms with Gasteiger partial charge in [-0.2, -0.15) is 4.98 Å². The van der Waals surface area contributed by atoms with E-state index in [4.69, 9.17) is 4.74 Å². The summed E-state index contributed by atoms with van der Waals surface area (Å²) in [5.74, 6) is 0.300. The zero-order chi connectivity index (χ0) is 22.2. The highest BCUT2D eigenvalue weighted by Gasteiger charge is 2.11. The lowest BCUT2D eigenvalue weighted by molar-refractivity contribution is 0.220. The number of hydrogen-bond donors (Lipinski definition) is 0. The molecule has 7 heteroatoms. The number of unbranched alkanes of at least 4 members (excludes halogenated alkanes) is 2. The lowest BCUT2D eigenvalue weighted by Gasteiger charge is -2.26. The summed E-state index contributed by atoms with van der Waals surface area (Å²) in [5, 5.41) is 0. The van der Waals surface area contributed by atoms with Crippen molar-refractivity contribution < 1.29 is 13.5 Å². The quantitative estimate of drug-likeness (QED) is 0.330. The third kappa shape index (κ3) is 7.47. The molecule has 0 unspecified atom stereocenters. The van der Waals surface area contributed by atoms with Crippen LogP contribution in [0.25, 0.3) is 22.6 Å². The van der Waals surface area contributed by atoms with Gasteiger partial charge in [-0.25, -0.2) is 13.8 Å². The molecule has 0 aliphatic carbocycles. The minimum atomic E-state index is -0.315. The zero-order valence-electron chi connectivity index (χ0n) is 18.7. The number of aromatic nitrogens is 2. The molecule has 176 valence electrons. The highest BCUT2D eigenvalue weighted by molar-refractivity contribution is 5.85. The molecule has 4 rings (SSSR count). The topological polar surface area (TPSA) is 38.2 Å². The molecule has 1 aliphatic rings. The van der Waals surface area contributed by atoms with Crippen molar-refractivity contribution in [1.29, 1.82) is 0 Å². The SMILES string of the molecule is Cl.Fc1ccc(-c2cc(OCCCCCN3CCCCC3)nc(-c3ccc(F)cc3)n2)cc1. The van der Waals surface area contributed by atoms with Crippen molar-refractivity contribution >= 4 is 12.4 Å². The third-order valence-corrected chi connectivity index (χ3v) is 5.76. The lowest BCUT2D eigenvalue weighted by Crippen LogP contribution is -2.30. The second kappa shape index (κ2) is 12.6. The summed E-state index contributed by atoms with van der Waals surface area (Å²) in [5.41, 5.74) is 2.10. The van der Waals surface area contributed by atoms with Gasteiger partial charge in [0.1, 0.15) is 11.6 Å². The number of likely N-dealkylation sites (tertiary alicyclic amines) is 1. The molecule has 2 aromatic carbocycles. The van der Waals surface area contributed by atoms with Crippen LogP contribution in [-0.4, -0.2) is 41.1 Å². The zero-order valence-corrected chi connectivity index (χ0v) is 19.5. The molecule has 1 aliphatic heterocycles. The van der Waals surface area contributed by atoms with Gasteiger partial charge in [-0.3, -0.25) is 0 Å². The Balaban J connectivity index is 0.00000306. The minimum Gasteiger partial charge on any atom is -0.478 e. The molecule has 3 aromatic rings. The molecular formula is C26H30ClF2N3O. The predicted octanol–water partition coefficient (Wildman–Crippen LogP) is 6.55. The van der Waals surface area contributed by atoms with Crippen LogP contribution in [0.1, 0.15) is 38.5 Å². The molecule has 0 saturated carbocycles. The summed E-state index contributed by atoms with van der Waals surface area (Å²) in [6.45, 7) is 4.20. The Kier molecular flexibility index (Phi) is 9.58. The van der Waals surface area contributed by atoms with Crippen LogP contribution in [0, 0.1) is 11.6 Å². The highest BCUT2D eigenvalue weighted by atomic mass is 35.5. The number of hydrogen-bond acceptors (Lipinski definition) is 4. The van der Waals surface area contributed by atoms with Gasteiger partial charge < -0.3 is 9.64 Å². The van der Waals surface area contributed by atoms with Gasteiger partial charge in [-0.15, -0.1) is 12.4 Å². The van der Waals surface area contributed by atoms with Crippen LogP contribution in [0.3, 0.4) is 0 Å². The number of piperidine rings is 1. The number of halogens is 3. The summed E-state index contributed by atoms with van der Waals surface area (Å²) < 4.78 is 32.7. The van der Waals surface area contributed by atoms with Crippen LogP contribution in [-0.2, 0) is 0 Å². The van der Waals surface area contributed by atoms with Crippen molar-refractivity contribution in [2.45, 2.75) is 38.5 Å². The fourth-order valence-corrected chi connectivity index (χ4v) is 3.97. The van der Waals surface area contributed by atoms with Gasteiger partial charge in [0.25, 0.3) is 0 Å². The fourth-order valence-electron chi connectivity index (χ4n) is 3.97. The Morgan fingerprint density at radius 3 is 2.06 bits per heavy atom. The van der Waals surface area contributed by atoms with E-state index in [1.807, 2.05) is 0 Å². The summed E-state index contributed by atoms with van der Waals surface area (Å²) in [7, 11) is 0. The highest BCUT2D eigenvalue weighted by Crippen LogP contribution is 2.26. The molecule has 1 fully saturated rings. The minimum absolute atomic E-state index is 0. The van der Waals surface area contributed by atoms with Crippen LogP contribution in [0.15, 0.2) is 54.6 Å². The van der Waals surface area contributed by atoms with E-state index < -0.39 is 0 Å². The summed E-state index contributed by atoms with van der Waals surface area (Å²) in [6, 6.07) is 14.0. The number of ether oxygens (including phenoxy) is 1. The van der Waals surface area contributed by atoms with Crippen molar-refractivity contribution in [2.24, 2.45) is 0 Å². The average Bonchev–Trinajstić information content (AvgIpc) is 2.83. The normalized spacial score (nSPS) is 14.0. The second-order valence-electron chi connectivity index (χ2n) is 8.24. The maximum absolute atomic E-state index is 13.4. The average molecular weight is 474 g/mol. The van der Waals surface area contributed by atoms with Crippen molar-refractivity contribution in [2.75, 3.05) is 26.2 Å². The number of nitrogens with zero attached hydrogens (tertiary/aromatic N) is 3. The fraction of sp³-hybridized carbons (Fsp3) is 0.385. The van der Waals surface area contributed by atoms with Gasteiger partial charge in [-0.05, 0) is 100 Å². The van der Waals surface area contributed by atoms with Gasteiger partial charge in [0, 0.05) is 17.2 Å². The van der Waals surface area contributed by atoms with Crippen molar-refractivity contribution in [3.63, 3.8) is 0 Å². The second-order valence-corrected chi connectivity index (χ2v) is 8.24. The Morgan fingerprint density at radius 2 is 1.39 bits per heavy atom. The standard InChI is InChI=1S/C26H29F2N3O.ClH/c27-22-11-7-20(8-12-22)24-19-25(30-26(29-24)21-9-13-23(28)14-10-21)32-18-6-2-5-17-31-15-3-1-4-16-31;/h7-14,19H,1-6,15-18H2;1H. The lowest BCUT2D eigenvalue weighted by atomic mass is 10.1. The van der Waals surface area contributed by atoms with Crippen LogP contribution in [0.2, 0.25) is 0 Å². The number of rotatable bonds is 9. The van der Waals surface area contributed by atoms with Crippen LogP contribution in [0.5, 0.6) is 5.88 Å². The summed E-state index contributed by atoms with van der Waals surface area (Å²) >= 11 is 0. The van der Waals surface area contributed by atoms with E-state index in [1.54, 1.807) is 30.3 Å². The van der Waals surface area contributed by atoms with Gasteiger partial charge >= 0.3 is 0 Å². The molecule has 2 heterocycles. The molecular weight excluding hydrogens is 444 g/mol. The first kappa shape index (κ1) is 25.1. The van der Waals surface area contributed by atoms with Crippen LogP contribution in [0.4, 0.5) is 8.78 Å². The molecule has 0 bridgehead atoms. The Bertz CT molecular complexity index is 930. The van der Waals surface area contributed by atoms with E-state index in [0.717, 1.165) is 24.9 Å². The van der Waals surface area contributed by atoms with E-state index >= 15 is 0 Å². The number of benzene rings is 2. The first-order valence-corrected chi connectivity index (χ1v) is 11.4. The van der Waals surface area contributed by atoms with Crippen molar-refractivity contribution in [1.82, 2.24) is 14.9 Å². The molecule has 0 radical (unpaired) electrons. The first-order valence-electron chi connectivity index (χ1n) is 11.4. The van der Waals surface area contributed by atoms with Gasteiger partial charge in [0.2, 0.25) is 5.88 Å². The smallest absolute Gasteiger partial charge is 0.217 e. The Morgan fingerprint density at radius 1 is 0.758 bits per heavy atom. The largest absolute Gasteiger partial charge is 0.478 e. The van der Waals surface area contributed by atoms with Gasteiger partial charge in [0.15, 0.2) is 5.82 Å². The Labute approximate surface area is 200 Å². The van der Waals surface area contributed by atoms with E-state index in [9.17, 15) is 8.78 Å².